The molecule has 0 saturated heterocycles. The van der Waals surface area contributed by atoms with Gasteiger partial charge in [0.15, 0.2) is 0 Å². The van der Waals surface area contributed by atoms with Crippen LogP contribution in [0.3, 0.4) is 0 Å². The highest BCUT2D eigenvalue weighted by molar-refractivity contribution is 5.67. The number of hydrogen-bond donors (Lipinski definition) is 3. The lowest BCUT2D eigenvalue weighted by Crippen LogP contribution is -2.35. The van der Waals surface area contributed by atoms with Crippen LogP contribution in [0.5, 0.6) is 0 Å². The average Bonchev–Trinajstić information content (AvgIpc) is 2.82. The van der Waals surface area contributed by atoms with Gasteiger partial charge in [-0.2, -0.15) is 0 Å². The van der Waals surface area contributed by atoms with Crippen molar-refractivity contribution in [3.63, 3.8) is 0 Å². The van der Waals surface area contributed by atoms with Gasteiger partial charge in [0.05, 0.1) is 0 Å². The van der Waals surface area contributed by atoms with Crippen molar-refractivity contribution in [1.82, 2.24) is 10.6 Å². The third-order valence-corrected chi connectivity index (χ3v) is 7.55. The molecule has 8 nitrogen and oxygen atoms in total. The molecule has 0 aromatic rings. The molecule has 8 heteroatoms. The van der Waals surface area contributed by atoms with Crippen molar-refractivity contribution in [3.05, 3.63) is 0 Å². The largest absolute Gasteiger partial charge is 0.444 e. The summed E-state index contributed by atoms with van der Waals surface area (Å²) in [4.78, 5) is 32.7. The number of aldehydes is 1. The van der Waals surface area contributed by atoms with Gasteiger partial charge in [-0.15, -0.1) is 0 Å². The topological polar surface area (TPSA) is 120 Å². The van der Waals surface area contributed by atoms with E-state index in [1.807, 2.05) is 41.5 Å². The average molecular weight is 584 g/mol. The van der Waals surface area contributed by atoms with E-state index in [2.05, 4.69) is 38.3 Å². The van der Waals surface area contributed by atoms with Gasteiger partial charge in [0.25, 0.3) is 0 Å². The zero-order valence-corrected chi connectivity index (χ0v) is 28.3. The lowest BCUT2D eigenvalue weighted by atomic mass is 9.72. The number of carbonyl (C=O) groups excluding carboxylic acids is 3. The molecule has 0 aromatic heterocycles. The SMILES string of the molecule is CC(C)(C)OC(=O)NCCN.CC1(C)CCC(C=O)CC1.CC1(C)CCC(CCCCNC(=O)OC(C)(C)C)CC1. The zero-order chi connectivity index (χ0) is 31.7. The van der Waals surface area contributed by atoms with Crippen molar-refractivity contribution in [2.24, 2.45) is 28.4 Å². The minimum Gasteiger partial charge on any atom is -0.444 e. The summed E-state index contributed by atoms with van der Waals surface area (Å²) < 4.78 is 10.1. The maximum absolute atomic E-state index is 11.5. The summed E-state index contributed by atoms with van der Waals surface area (Å²) >= 11 is 0. The highest BCUT2D eigenvalue weighted by Crippen LogP contribution is 2.39. The number of amides is 2. The molecule has 0 radical (unpaired) electrons. The second kappa shape index (κ2) is 18.7. The van der Waals surface area contributed by atoms with E-state index in [1.165, 1.54) is 51.4 Å². The molecular weight excluding hydrogens is 518 g/mol. The van der Waals surface area contributed by atoms with Crippen LogP contribution in [-0.4, -0.2) is 49.3 Å². The summed E-state index contributed by atoms with van der Waals surface area (Å²) in [6.07, 6.45) is 14.1. The van der Waals surface area contributed by atoms with Gasteiger partial charge in [0.1, 0.15) is 17.5 Å². The van der Waals surface area contributed by atoms with E-state index < -0.39 is 17.3 Å². The first-order chi connectivity index (χ1) is 18.8. The molecule has 0 spiro atoms. The molecular formula is C33H65N3O5. The molecule has 0 aromatic carbocycles. The van der Waals surface area contributed by atoms with E-state index in [-0.39, 0.29) is 6.09 Å². The number of unbranched alkanes of at least 4 members (excludes halogenated alkanes) is 1. The van der Waals surface area contributed by atoms with Gasteiger partial charge in [0, 0.05) is 25.6 Å². The minimum absolute atomic E-state index is 0.295. The molecule has 0 unspecified atom stereocenters. The van der Waals surface area contributed by atoms with Gasteiger partial charge in [0.2, 0.25) is 0 Å². The first kappa shape index (κ1) is 39.2. The van der Waals surface area contributed by atoms with Gasteiger partial charge < -0.3 is 30.6 Å². The van der Waals surface area contributed by atoms with E-state index in [0.717, 1.165) is 38.0 Å². The van der Waals surface area contributed by atoms with Crippen molar-refractivity contribution in [2.75, 3.05) is 19.6 Å². The fourth-order valence-corrected chi connectivity index (χ4v) is 4.86. The highest BCUT2D eigenvalue weighted by Gasteiger charge is 2.27. The van der Waals surface area contributed by atoms with Gasteiger partial charge in [-0.05, 0) is 116 Å². The maximum Gasteiger partial charge on any atom is 0.407 e. The second-order valence-electron chi connectivity index (χ2n) is 15.4. The highest BCUT2D eigenvalue weighted by atomic mass is 16.6. The molecule has 0 aliphatic heterocycles. The van der Waals surface area contributed by atoms with Crippen LogP contribution in [-0.2, 0) is 14.3 Å². The molecule has 0 bridgehead atoms. The molecule has 2 aliphatic rings. The van der Waals surface area contributed by atoms with E-state index in [4.69, 9.17) is 15.2 Å². The molecule has 242 valence electrons. The fourth-order valence-electron chi connectivity index (χ4n) is 4.86. The zero-order valence-electron chi connectivity index (χ0n) is 28.3. The summed E-state index contributed by atoms with van der Waals surface area (Å²) in [5.41, 5.74) is 5.40. The second-order valence-corrected chi connectivity index (χ2v) is 15.4. The smallest absolute Gasteiger partial charge is 0.407 e. The van der Waals surface area contributed by atoms with Crippen molar-refractivity contribution < 1.29 is 23.9 Å². The molecule has 2 amide bonds. The molecule has 2 rings (SSSR count). The standard InChI is InChI=1S/C17H33NO2.C9H16O.C7H16N2O2/c1-16(2,3)20-15(19)18-13-7-6-8-14-9-11-17(4,5)12-10-14;1-9(2)5-3-8(7-10)4-6-9;1-7(2,3)11-6(10)9-5-4-8/h14H,6-13H2,1-5H3,(H,18,19);7-8H,3-6H2,1-2H3;4-5,8H2,1-3H3,(H,9,10). The van der Waals surface area contributed by atoms with Crippen LogP contribution in [0.2, 0.25) is 0 Å². The van der Waals surface area contributed by atoms with Crippen LogP contribution in [0.1, 0.15) is 140 Å². The normalized spacial score (nSPS) is 18.9. The molecule has 2 saturated carbocycles. The molecule has 2 fully saturated rings. The van der Waals surface area contributed by atoms with Gasteiger partial charge >= 0.3 is 12.2 Å². The Labute approximate surface area is 252 Å². The van der Waals surface area contributed by atoms with Crippen molar-refractivity contribution in [3.8, 4) is 0 Å². The summed E-state index contributed by atoms with van der Waals surface area (Å²) in [5, 5.41) is 5.33. The van der Waals surface area contributed by atoms with Crippen LogP contribution >= 0.6 is 0 Å². The number of nitrogens with two attached hydrogens (primary N) is 1. The number of rotatable bonds is 8. The van der Waals surface area contributed by atoms with Crippen LogP contribution in [0.25, 0.3) is 0 Å². The third-order valence-electron chi connectivity index (χ3n) is 7.55. The van der Waals surface area contributed by atoms with E-state index in [0.29, 0.717) is 29.8 Å². The maximum atomic E-state index is 11.5. The number of ether oxygens (including phenoxy) is 2. The first-order valence-corrected chi connectivity index (χ1v) is 15.9. The first-order valence-electron chi connectivity index (χ1n) is 15.9. The van der Waals surface area contributed by atoms with E-state index >= 15 is 0 Å². The Morgan fingerprint density at radius 1 is 0.756 bits per heavy atom. The summed E-state index contributed by atoms with van der Waals surface area (Å²) in [5.74, 6) is 1.28. The molecule has 4 N–H and O–H groups in total. The van der Waals surface area contributed by atoms with Gasteiger partial charge in [-0.25, -0.2) is 9.59 Å². The van der Waals surface area contributed by atoms with Crippen LogP contribution in [0, 0.1) is 22.7 Å². The summed E-state index contributed by atoms with van der Waals surface area (Å²) in [6, 6.07) is 0. The quantitative estimate of drug-likeness (QED) is 0.198. The molecule has 2 aliphatic carbocycles. The summed E-state index contributed by atoms with van der Waals surface area (Å²) in [6.45, 7) is 22.1. The Hall–Kier alpha value is -1.83. The van der Waals surface area contributed by atoms with Gasteiger partial charge in [-0.3, -0.25) is 0 Å². The fraction of sp³-hybridized carbons (Fsp3) is 0.909. The Bertz CT molecular complexity index is 733. The Morgan fingerprint density at radius 2 is 1.17 bits per heavy atom. The van der Waals surface area contributed by atoms with Crippen molar-refractivity contribution >= 4 is 18.5 Å². The molecule has 41 heavy (non-hydrogen) atoms. The lowest BCUT2D eigenvalue weighted by molar-refractivity contribution is -0.112. The number of alkyl carbamates (subject to hydrolysis) is 2. The third kappa shape index (κ3) is 23.4. The summed E-state index contributed by atoms with van der Waals surface area (Å²) in [7, 11) is 0. The van der Waals surface area contributed by atoms with E-state index in [9.17, 15) is 14.4 Å². The lowest BCUT2D eigenvalue weighted by Gasteiger charge is -2.34. The predicted molar refractivity (Wildman–Crippen MR) is 169 cm³/mol. The Morgan fingerprint density at radius 3 is 1.56 bits per heavy atom. The predicted octanol–water partition coefficient (Wildman–Crippen LogP) is 7.77. The van der Waals surface area contributed by atoms with Crippen LogP contribution in [0.4, 0.5) is 9.59 Å². The van der Waals surface area contributed by atoms with Crippen LogP contribution in [0.15, 0.2) is 0 Å². The van der Waals surface area contributed by atoms with Crippen molar-refractivity contribution in [1.29, 1.82) is 0 Å². The Balaban J connectivity index is 0.000000643. The molecule has 0 atom stereocenters. The van der Waals surface area contributed by atoms with E-state index in [1.54, 1.807) is 0 Å². The minimum atomic E-state index is -0.432. The Kier molecular flexibility index (Phi) is 17.8. The monoisotopic (exact) mass is 583 g/mol. The van der Waals surface area contributed by atoms with Crippen LogP contribution < -0.4 is 16.4 Å². The van der Waals surface area contributed by atoms with Gasteiger partial charge in [-0.1, -0.05) is 40.5 Å². The van der Waals surface area contributed by atoms with Crippen molar-refractivity contribution in [2.45, 2.75) is 151 Å². The number of carbonyl (C=O) groups is 3. The number of hydrogen-bond acceptors (Lipinski definition) is 6. The molecule has 0 heterocycles. The number of nitrogens with one attached hydrogen (secondary N) is 2.